The smallest absolute Gasteiger partial charge is 0.0667 e. The van der Waals surface area contributed by atoms with Crippen molar-refractivity contribution in [1.29, 1.82) is 0 Å². The molecule has 0 aromatic rings. The summed E-state index contributed by atoms with van der Waals surface area (Å²) in [7, 11) is 0. The Morgan fingerprint density at radius 2 is 0.853 bits per heavy atom. The molecule has 0 aliphatic carbocycles. The van der Waals surface area contributed by atoms with E-state index in [1.807, 2.05) is 0 Å². The fraction of sp³-hybridized carbons (Fsp3) is 1.00. The molecule has 0 amide bonds. The zero-order valence-electron chi connectivity index (χ0n) is 23.0. The van der Waals surface area contributed by atoms with Gasteiger partial charge in [-0.15, -0.1) is 0 Å². The quantitative estimate of drug-likeness (QED) is 0.0812. The predicted octanol–water partition coefficient (Wildman–Crippen LogP) is 7.23. The summed E-state index contributed by atoms with van der Waals surface area (Å²) in [6.07, 6.45) is 24.7. The molecule has 0 saturated carbocycles. The van der Waals surface area contributed by atoms with Crippen molar-refractivity contribution in [2.24, 2.45) is 0 Å². The first kappa shape index (κ1) is 36.6. The van der Waals surface area contributed by atoms with Crippen molar-refractivity contribution in [2.45, 2.75) is 161 Å². The largest absolute Gasteiger partial charge is 0.396 e. The minimum atomic E-state index is -0.293. The number of hydrogen-bond acceptors (Lipinski definition) is 4. The maximum atomic E-state index is 10.6. The van der Waals surface area contributed by atoms with Gasteiger partial charge in [-0.25, -0.2) is 0 Å². The molecule has 2 atom stereocenters. The van der Waals surface area contributed by atoms with Crippen molar-refractivity contribution in [1.82, 2.24) is 4.90 Å². The van der Waals surface area contributed by atoms with Gasteiger partial charge in [-0.3, -0.25) is 4.90 Å². The van der Waals surface area contributed by atoms with Crippen LogP contribution in [0.5, 0.6) is 0 Å². The molecule has 5 heteroatoms. The molecular formula is C29H61IrNO3. The van der Waals surface area contributed by atoms with Gasteiger partial charge >= 0.3 is 0 Å². The van der Waals surface area contributed by atoms with Crippen LogP contribution in [-0.4, -0.2) is 58.7 Å². The summed E-state index contributed by atoms with van der Waals surface area (Å²) in [6.45, 7) is 7.01. The van der Waals surface area contributed by atoms with Gasteiger partial charge in [0, 0.05) is 39.8 Å². The minimum absolute atomic E-state index is 0. The average Bonchev–Trinajstić information content (AvgIpc) is 2.80. The SMILES string of the molecule is CCCCCCCCCCC(O)CN(CCCCCO)CC(O)CCCCCCCCCC.[Ir]. The van der Waals surface area contributed by atoms with Crippen molar-refractivity contribution in [3.8, 4) is 0 Å². The normalized spacial score (nSPS) is 13.2. The van der Waals surface area contributed by atoms with E-state index in [2.05, 4.69) is 18.7 Å². The van der Waals surface area contributed by atoms with Crippen LogP contribution in [0.1, 0.15) is 149 Å². The van der Waals surface area contributed by atoms with Crippen molar-refractivity contribution in [2.75, 3.05) is 26.2 Å². The third-order valence-corrected chi connectivity index (χ3v) is 6.85. The Morgan fingerprint density at radius 3 is 1.24 bits per heavy atom. The van der Waals surface area contributed by atoms with E-state index >= 15 is 0 Å². The van der Waals surface area contributed by atoms with E-state index in [4.69, 9.17) is 5.11 Å². The monoisotopic (exact) mass is 664 g/mol. The third kappa shape index (κ3) is 27.1. The molecule has 0 bridgehead atoms. The van der Waals surface area contributed by atoms with Crippen LogP contribution in [0.2, 0.25) is 0 Å². The van der Waals surface area contributed by atoms with E-state index in [1.165, 1.54) is 89.9 Å². The van der Waals surface area contributed by atoms with E-state index in [-0.39, 0.29) is 38.9 Å². The van der Waals surface area contributed by atoms with Crippen LogP contribution < -0.4 is 0 Å². The first-order valence-electron chi connectivity index (χ1n) is 14.8. The Bertz CT molecular complexity index is 345. The summed E-state index contributed by atoms with van der Waals surface area (Å²) in [6, 6.07) is 0. The van der Waals surface area contributed by atoms with E-state index in [9.17, 15) is 10.2 Å². The molecular weight excluding hydrogens is 603 g/mol. The molecule has 0 aromatic carbocycles. The minimum Gasteiger partial charge on any atom is -0.396 e. The van der Waals surface area contributed by atoms with Gasteiger partial charge in [0.2, 0.25) is 0 Å². The zero-order valence-corrected chi connectivity index (χ0v) is 25.3. The van der Waals surface area contributed by atoms with Gasteiger partial charge in [-0.05, 0) is 38.6 Å². The van der Waals surface area contributed by atoms with Gasteiger partial charge in [0.1, 0.15) is 0 Å². The molecule has 0 aromatic heterocycles. The van der Waals surface area contributed by atoms with Gasteiger partial charge in [0.05, 0.1) is 12.2 Å². The average molecular weight is 664 g/mol. The Hall–Kier alpha value is 0.489. The number of unbranched alkanes of at least 4 members (excludes halogenated alkanes) is 16. The number of nitrogens with zero attached hydrogens (tertiary/aromatic N) is 1. The molecule has 0 aliphatic heterocycles. The molecule has 0 fully saturated rings. The van der Waals surface area contributed by atoms with Gasteiger partial charge < -0.3 is 15.3 Å². The standard InChI is InChI=1S/C29H61NO3.Ir/c1-3-5-7-9-11-13-15-18-22-28(32)26-30(24-20-17-21-25-31)27-29(33)23-19-16-14-12-10-8-6-4-2;/h28-29,31-33H,3-27H2,1-2H3;. The number of aliphatic hydroxyl groups is 3. The molecule has 2 unspecified atom stereocenters. The predicted molar refractivity (Wildman–Crippen MR) is 144 cm³/mol. The van der Waals surface area contributed by atoms with Crippen molar-refractivity contribution in [3.63, 3.8) is 0 Å². The first-order valence-corrected chi connectivity index (χ1v) is 14.8. The third-order valence-electron chi connectivity index (χ3n) is 6.85. The molecule has 3 N–H and O–H groups in total. The molecule has 34 heavy (non-hydrogen) atoms. The number of aliphatic hydroxyl groups excluding tert-OH is 3. The second-order valence-corrected chi connectivity index (χ2v) is 10.4. The molecule has 0 rings (SSSR count). The van der Waals surface area contributed by atoms with Crippen LogP contribution in [-0.2, 0) is 20.1 Å². The van der Waals surface area contributed by atoms with Crippen LogP contribution in [0.25, 0.3) is 0 Å². The summed E-state index contributed by atoms with van der Waals surface area (Å²) in [5.74, 6) is 0. The number of hydrogen-bond donors (Lipinski definition) is 3. The van der Waals surface area contributed by atoms with Crippen molar-refractivity contribution < 1.29 is 35.4 Å². The van der Waals surface area contributed by atoms with Crippen molar-refractivity contribution in [3.05, 3.63) is 0 Å². The van der Waals surface area contributed by atoms with Gasteiger partial charge in [0.25, 0.3) is 0 Å². The number of rotatable bonds is 27. The maximum Gasteiger partial charge on any atom is 0.0667 e. The Morgan fingerprint density at radius 1 is 0.500 bits per heavy atom. The van der Waals surface area contributed by atoms with E-state index in [1.54, 1.807) is 0 Å². The van der Waals surface area contributed by atoms with Gasteiger partial charge in [-0.2, -0.15) is 0 Å². The Balaban J connectivity index is 0. The van der Waals surface area contributed by atoms with Gasteiger partial charge in [0.15, 0.2) is 0 Å². The Kier molecular flexibility index (Phi) is 32.0. The topological polar surface area (TPSA) is 63.9 Å². The summed E-state index contributed by atoms with van der Waals surface area (Å²) < 4.78 is 0. The molecule has 0 aliphatic rings. The Labute approximate surface area is 227 Å². The summed E-state index contributed by atoms with van der Waals surface area (Å²) >= 11 is 0. The fourth-order valence-electron chi connectivity index (χ4n) is 4.69. The fourth-order valence-corrected chi connectivity index (χ4v) is 4.69. The van der Waals surface area contributed by atoms with Crippen LogP contribution in [0.15, 0.2) is 0 Å². The summed E-state index contributed by atoms with van der Waals surface area (Å²) in [4.78, 5) is 2.27. The second kappa shape index (κ2) is 29.7. The van der Waals surface area contributed by atoms with E-state index in [0.717, 1.165) is 51.5 Å². The molecule has 0 spiro atoms. The second-order valence-electron chi connectivity index (χ2n) is 10.4. The summed E-state index contributed by atoms with van der Waals surface area (Å²) in [5.41, 5.74) is 0. The molecule has 209 valence electrons. The van der Waals surface area contributed by atoms with E-state index < -0.39 is 0 Å². The van der Waals surface area contributed by atoms with E-state index in [0.29, 0.717) is 13.1 Å². The summed E-state index contributed by atoms with van der Waals surface area (Å²) in [5, 5.41) is 30.2. The molecule has 1 radical (unpaired) electrons. The van der Waals surface area contributed by atoms with Crippen LogP contribution >= 0.6 is 0 Å². The molecule has 0 saturated heterocycles. The maximum absolute atomic E-state index is 10.6. The van der Waals surface area contributed by atoms with Crippen LogP contribution in [0.4, 0.5) is 0 Å². The van der Waals surface area contributed by atoms with Gasteiger partial charge in [-0.1, -0.05) is 117 Å². The van der Waals surface area contributed by atoms with Crippen molar-refractivity contribution >= 4 is 0 Å². The first-order chi connectivity index (χ1) is 16.1. The van der Waals surface area contributed by atoms with Crippen LogP contribution in [0.3, 0.4) is 0 Å². The van der Waals surface area contributed by atoms with Crippen LogP contribution in [0, 0.1) is 0 Å². The molecule has 4 nitrogen and oxygen atoms in total. The zero-order chi connectivity index (χ0) is 24.4. The molecule has 0 heterocycles.